The third kappa shape index (κ3) is 9.77. The highest BCUT2D eigenvalue weighted by Gasteiger charge is 2.19. The molecule has 1 aromatic carbocycles. The monoisotopic (exact) mass is 392 g/mol. The Balaban J connectivity index is 2.92. The Morgan fingerprint density at radius 1 is 0.857 bits per heavy atom. The number of benzene rings is 1. The molecule has 0 aromatic heterocycles. The molecule has 1 rings (SSSR count). The summed E-state index contributed by atoms with van der Waals surface area (Å²) in [7, 11) is 0. The number of hydrogen-bond acceptors (Lipinski definition) is 5. The highest BCUT2D eigenvalue weighted by atomic mass is 16.6. The van der Waals surface area contributed by atoms with E-state index < -0.39 is 0 Å². The third-order valence-corrected chi connectivity index (χ3v) is 4.24. The van der Waals surface area contributed by atoms with E-state index in [1.54, 1.807) is 18.2 Å². The Hall–Kier alpha value is -2.04. The summed E-state index contributed by atoms with van der Waals surface area (Å²) in [5.74, 6) is 0.998. The van der Waals surface area contributed by atoms with Crippen LogP contribution in [0.25, 0.3) is 0 Å². The minimum absolute atomic E-state index is 0.200. The van der Waals surface area contributed by atoms with Crippen LogP contribution in [0.15, 0.2) is 18.2 Å². The van der Waals surface area contributed by atoms with E-state index in [0.717, 1.165) is 32.1 Å². The van der Waals surface area contributed by atoms with Crippen LogP contribution < -0.4 is 14.2 Å². The lowest BCUT2D eigenvalue weighted by molar-refractivity contribution is -0.137. The van der Waals surface area contributed by atoms with Crippen molar-refractivity contribution in [2.24, 2.45) is 11.8 Å². The van der Waals surface area contributed by atoms with Crippen LogP contribution in [0.1, 0.15) is 79.6 Å². The quantitative estimate of drug-likeness (QED) is 0.236. The second-order valence-corrected chi connectivity index (χ2v) is 7.95. The van der Waals surface area contributed by atoms with Crippen LogP contribution in [-0.4, -0.2) is 18.5 Å². The molecule has 0 N–H and O–H groups in total. The first kappa shape index (κ1) is 24.0. The summed E-state index contributed by atoms with van der Waals surface area (Å²) in [5.41, 5.74) is 0. The van der Waals surface area contributed by atoms with Gasteiger partial charge < -0.3 is 14.2 Å². The van der Waals surface area contributed by atoms with Crippen LogP contribution in [0.2, 0.25) is 0 Å². The predicted octanol–water partition coefficient (Wildman–Crippen LogP) is 5.94. The van der Waals surface area contributed by atoms with E-state index in [2.05, 4.69) is 34.6 Å². The number of rotatable bonds is 13. The standard InChI is InChI=1S/C23H36O5/c1-6-7-8-16-26-19-10-9-11-20(27-21(24)14-12-17(2)3)23(19)28-22(25)15-13-18(4)5/h9-11,17-18H,6-8,12-16H2,1-5H3. The van der Waals surface area contributed by atoms with Gasteiger partial charge in [0.15, 0.2) is 11.5 Å². The average Bonchev–Trinajstić information content (AvgIpc) is 2.64. The fourth-order valence-electron chi connectivity index (χ4n) is 2.48. The zero-order valence-corrected chi connectivity index (χ0v) is 18.1. The summed E-state index contributed by atoms with van der Waals surface area (Å²) in [5, 5.41) is 0. The molecule has 0 spiro atoms. The molecule has 0 fully saturated rings. The summed E-state index contributed by atoms with van der Waals surface area (Å²) in [6.07, 6.45) is 5.18. The number of carbonyl (C=O) groups is 2. The number of hydrogen-bond donors (Lipinski definition) is 0. The highest BCUT2D eigenvalue weighted by Crippen LogP contribution is 2.38. The molecule has 0 radical (unpaired) electrons. The molecule has 0 saturated heterocycles. The molecule has 1 aromatic rings. The Morgan fingerprint density at radius 2 is 1.43 bits per heavy atom. The van der Waals surface area contributed by atoms with E-state index in [-0.39, 0.29) is 23.4 Å². The fraction of sp³-hybridized carbons (Fsp3) is 0.652. The van der Waals surface area contributed by atoms with Crippen LogP contribution in [0.5, 0.6) is 17.2 Å². The van der Waals surface area contributed by atoms with Gasteiger partial charge in [0.1, 0.15) is 0 Å². The van der Waals surface area contributed by atoms with Gasteiger partial charge in [-0.3, -0.25) is 9.59 Å². The Morgan fingerprint density at radius 3 is 2.00 bits per heavy atom. The van der Waals surface area contributed by atoms with E-state index in [4.69, 9.17) is 14.2 Å². The number of esters is 2. The lowest BCUT2D eigenvalue weighted by Crippen LogP contribution is -2.14. The SMILES string of the molecule is CCCCCOc1cccc(OC(=O)CCC(C)C)c1OC(=O)CCC(C)C. The van der Waals surface area contributed by atoms with Gasteiger partial charge in [-0.25, -0.2) is 0 Å². The topological polar surface area (TPSA) is 61.8 Å². The lowest BCUT2D eigenvalue weighted by atomic mass is 10.1. The second-order valence-electron chi connectivity index (χ2n) is 7.95. The molecule has 5 heteroatoms. The Labute approximate surface area is 169 Å². The molecule has 0 atom stereocenters. The molecule has 0 bridgehead atoms. The molecule has 28 heavy (non-hydrogen) atoms. The van der Waals surface area contributed by atoms with Crippen LogP contribution in [0.3, 0.4) is 0 Å². The van der Waals surface area contributed by atoms with Gasteiger partial charge in [-0.1, -0.05) is 53.5 Å². The van der Waals surface area contributed by atoms with Crippen molar-refractivity contribution in [2.45, 2.75) is 79.6 Å². The number of carbonyl (C=O) groups excluding carboxylic acids is 2. The van der Waals surface area contributed by atoms with Crippen molar-refractivity contribution in [1.82, 2.24) is 0 Å². The number of unbranched alkanes of at least 4 members (excludes halogenated alkanes) is 2. The van der Waals surface area contributed by atoms with Gasteiger partial charge in [0, 0.05) is 12.8 Å². The third-order valence-electron chi connectivity index (χ3n) is 4.24. The molecule has 0 unspecified atom stereocenters. The fourth-order valence-corrected chi connectivity index (χ4v) is 2.48. The van der Waals surface area contributed by atoms with Gasteiger partial charge in [0.05, 0.1) is 6.61 Å². The molecule has 5 nitrogen and oxygen atoms in total. The Kier molecular flexibility index (Phi) is 11.3. The second kappa shape index (κ2) is 13.2. The van der Waals surface area contributed by atoms with Gasteiger partial charge in [0.25, 0.3) is 0 Å². The van der Waals surface area contributed by atoms with Crippen LogP contribution in [0, 0.1) is 11.8 Å². The van der Waals surface area contributed by atoms with E-state index in [9.17, 15) is 9.59 Å². The zero-order valence-electron chi connectivity index (χ0n) is 18.1. The lowest BCUT2D eigenvalue weighted by Gasteiger charge is -2.16. The summed E-state index contributed by atoms with van der Waals surface area (Å²) in [4.78, 5) is 24.5. The van der Waals surface area contributed by atoms with Crippen LogP contribution in [-0.2, 0) is 9.59 Å². The molecule has 158 valence electrons. The van der Waals surface area contributed by atoms with Crippen molar-refractivity contribution in [1.29, 1.82) is 0 Å². The van der Waals surface area contributed by atoms with Crippen molar-refractivity contribution < 1.29 is 23.8 Å². The molecule has 0 amide bonds. The van der Waals surface area contributed by atoms with E-state index in [1.807, 2.05) is 0 Å². The first-order valence-electron chi connectivity index (χ1n) is 10.5. The normalized spacial score (nSPS) is 11.0. The van der Waals surface area contributed by atoms with Crippen LogP contribution >= 0.6 is 0 Å². The van der Waals surface area contributed by atoms with Crippen molar-refractivity contribution in [3.05, 3.63) is 18.2 Å². The minimum Gasteiger partial charge on any atom is -0.490 e. The molecular formula is C23H36O5. The van der Waals surface area contributed by atoms with Gasteiger partial charge >= 0.3 is 11.9 Å². The van der Waals surface area contributed by atoms with Crippen molar-refractivity contribution in [3.8, 4) is 17.2 Å². The van der Waals surface area contributed by atoms with Gasteiger partial charge in [0.2, 0.25) is 5.75 Å². The summed E-state index contributed by atoms with van der Waals surface area (Å²) in [6.45, 7) is 10.9. The molecular weight excluding hydrogens is 356 g/mol. The largest absolute Gasteiger partial charge is 0.490 e. The maximum Gasteiger partial charge on any atom is 0.311 e. The van der Waals surface area contributed by atoms with Gasteiger partial charge in [-0.15, -0.1) is 0 Å². The first-order chi connectivity index (χ1) is 13.3. The maximum absolute atomic E-state index is 12.3. The minimum atomic E-state index is -0.349. The van der Waals surface area contributed by atoms with Crippen molar-refractivity contribution in [3.63, 3.8) is 0 Å². The molecule has 0 aliphatic carbocycles. The van der Waals surface area contributed by atoms with Crippen molar-refractivity contribution in [2.75, 3.05) is 6.61 Å². The maximum atomic E-state index is 12.3. The molecule has 0 aliphatic rings. The molecule has 0 heterocycles. The van der Waals surface area contributed by atoms with Gasteiger partial charge in [-0.05, 0) is 43.2 Å². The average molecular weight is 393 g/mol. The van der Waals surface area contributed by atoms with Crippen molar-refractivity contribution >= 4 is 11.9 Å². The smallest absolute Gasteiger partial charge is 0.311 e. The summed E-state index contributed by atoms with van der Waals surface area (Å²) < 4.78 is 16.9. The predicted molar refractivity (Wildman–Crippen MR) is 111 cm³/mol. The zero-order chi connectivity index (χ0) is 20.9. The highest BCUT2D eigenvalue weighted by molar-refractivity contribution is 5.77. The van der Waals surface area contributed by atoms with E-state index in [0.29, 0.717) is 37.0 Å². The van der Waals surface area contributed by atoms with E-state index in [1.165, 1.54) is 0 Å². The molecule has 0 saturated carbocycles. The first-order valence-corrected chi connectivity index (χ1v) is 10.5. The number of para-hydroxylation sites is 1. The summed E-state index contributed by atoms with van der Waals surface area (Å²) >= 11 is 0. The molecule has 0 aliphatic heterocycles. The Bertz CT molecular complexity index is 607. The summed E-state index contributed by atoms with van der Waals surface area (Å²) in [6, 6.07) is 5.12. The van der Waals surface area contributed by atoms with Gasteiger partial charge in [-0.2, -0.15) is 0 Å². The van der Waals surface area contributed by atoms with Crippen LogP contribution in [0.4, 0.5) is 0 Å². The van der Waals surface area contributed by atoms with E-state index >= 15 is 0 Å². The number of ether oxygens (including phenoxy) is 3.